The second-order valence-corrected chi connectivity index (χ2v) is 4.03. The van der Waals surface area contributed by atoms with E-state index in [0.29, 0.717) is 0 Å². The van der Waals surface area contributed by atoms with Crippen LogP contribution in [0.25, 0.3) is 0 Å². The number of carbonyl (C=O) groups is 2. The predicted molar refractivity (Wildman–Crippen MR) is 63.0 cm³/mol. The minimum Gasteiger partial charge on any atom is -0.469 e. The van der Waals surface area contributed by atoms with Crippen molar-refractivity contribution in [3.63, 3.8) is 0 Å². The van der Waals surface area contributed by atoms with Crippen LogP contribution in [0.1, 0.15) is 52.4 Å². The quantitative estimate of drug-likeness (QED) is 0.512. The number of esters is 1. The van der Waals surface area contributed by atoms with Crippen LogP contribution in [0.4, 0.5) is 0 Å². The lowest BCUT2D eigenvalue weighted by atomic mass is 10.0. The number of methoxy groups -OCH3 is 1. The van der Waals surface area contributed by atoms with E-state index >= 15 is 0 Å². The van der Waals surface area contributed by atoms with Gasteiger partial charge >= 0.3 is 5.97 Å². The summed E-state index contributed by atoms with van der Waals surface area (Å²) in [6.07, 6.45) is 5.67. The first-order valence-corrected chi connectivity index (χ1v) is 5.94. The molecule has 4 heteroatoms. The molecule has 0 spiro atoms. The van der Waals surface area contributed by atoms with Crippen molar-refractivity contribution in [1.82, 2.24) is 5.32 Å². The molecule has 0 saturated heterocycles. The van der Waals surface area contributed by atoms with Gasteiger partial charge in [-0.3, -0.25) is 9.59 Å². The third-order valence-corrected chi connectivity index (χ3v) is 2.45. The number of rotatable bonds is 8. The highest BCUT2D eigenvalue weighted by atomic mass is 16.5. The lowest BCUT2D eigenvalue weighted by Gasteiger charge is -2.16. The standard InChI is InChI=1S/C12H23NO3/c1-4-5-6-7-8-11(13-10(2)14)9-12(15)16-3/h11H,4-9H2,1-3H3,(H,13,14)/t11-/m0/s1. The summed E-state index contributed by atoms with van der Waals surface area (Å²) in [4.78, 5) is 22.1. The lowest BCUT2D eigenvalue weighted by molar-refractivity contribution is -0.141. The molecule has 0 saturated carbocycles. The Balaban J connectivity index is 3.90. The molecule has 1 amide bonds. The molecule has 0 aliphatic carbocycles. The van der Waals surface area contributed by atoms with Crippen molar-refractivity contribution >= 4 is 11.9 Å². The molecule has 0 aromatic heterocycles. The maximum atomic E-state index is 11.1. The minimum atomic E-state index is -0.269. The van der Waals surface area contributed by atoms with E-state index in [1.54, 1.807) is 0 Å². The van der Waals surface area contributed by atoms with E-state index in [4.69, 9.17) is 0 Å². The van der Waals surface area contributed by atoms with E-state index in [1.807, 2.05) is 0 Å². The third kappa shape index (κ3) is 8.26. The fourth-order valence-corrected chi connectivity index (χ4v) is 1.61. The van der Waals surface area contributed by atoms with Crippen LogP contribution < -0.4 is 5.32 Å². The van der Waals surface area contributed by atoms with Crippen LogP contribution in [0, 0.1) is 0 Å². The minimum absolute atomic E-state index is 0.0817. The van der Waals surface area contributed by atoms with Gasteiger partial charge in [-0.1, -0.05) is 32.6 Å². The number of hydrogen-bond acceptors (Lipinski definition) is 3. The fourth-order valence-electron chi connectivity index (χ4n) is 1.61. The van der Waals surface area contributed by atoms with Crippen molar-refractivity contribution in [3.05, 3.63) is 0 Å². The summed E-state index contributed by atoms with van der Waals surface area (Å²) in [5.41, 5.74) is 0. The number of nitrogens with one attached hydrogen (secondary N) is 1. The van der Waals surface area contributed by atoms with E-state index in [2.05, 4.69) is 17.0 Å². The number of unbranched alkanes of at least 4 members (excludes halogenated alkanes) is 3. The Morgan fingerprint density at radius 2 is 1.94 bits per heavy atom. The van der Waals surface area contributed by atoms with Gasteiger partial charge in [0.05, 0.1) is 13.5 Å². The van der Waals surface area contributed by atoms with Crippen molar-refractivity contribution in [2.75, 3.05) is 7.11 Å². The zero-order valence-corrected chi connectivity index (χ0v) is 10.5. The predicted octanol–water partition coefficient (Wildman–Crippen LogP) is 2.02. The van der Waals surface area contributed by atoms with Crippen LogP contribution in [0.15, 0.2) is 0 Å². The Morgan fingerprint density at radius 1 is 1.25 bits per heavy atom. The van der Waals surface area contributed by atoms with Crippen molar-refractivity contribution in [3.8, 4) is 0 Å². The van der Waals surface area contributed by atoms with Gasteiger partial charge < -0.3 is 10.1 Å². The topological polar surface area (TPSA) is 55.4 Å². The zero-order valence-electron chi connectivity index (χ0n) is 10.5. The maximum Gasteiger partial charge on any atom is 0.307 e. The molecule has 0 unspecified atom stereocenters. The van der Waals surface area contributed by atoms with Crippen LogP contribution in [0.2, 0.25) is 0 Å². The highest BCUT2D eigenvalue weighted by Gasteiger charge is 2.14. The first-order valence-electron chi connectivity index (χ1n) is 5.94. The SMILES string of the molecule is CCCCCC[C@@H](CC(=O)OC)NC(C)=O. The van der Waals surface area contributed by atoms with Gasteiger partial charge in [0.1, 0.15) is 0 Å². The van der Waals surface area contributed by atoms with E-state index < -0.39 is 0 Å². The van der Waals surface area contributed by atoms with Crippen LogP contribution in [0.3, 0.4) is 0 Å². The van der Waals surface area contributed by atoms with Crippen molar-refractivity contribution in [2.24, 2.45) is 0 Å². The lowest BCUT2D eigenvalue weighted by Crippen LogP contribution is -2.35. The number of amides is 1. The van der Waals surface area contributed by atoms with Gasteiger partial charge in [-0.2, -0.15) is 0 Å². The van der Waals surface area contributed by atoms with Gasteiger partial charge in [-0.25, -0.2) is 0 Å². The number of ether oxygens (including phenoxy) is 1. The molecule has 0 aromatic carbocycles. The van der Waals surface area contributed by atoms with Crippen LogP contribution in [0.5, 0.6) is 0 Å². The fraction of sp³-hybridized carbons (Fsp3) is 0.833. The number of hydrogen-bond donors (Lipinski definition) is 1. The van der Waals surface area contributed by atoms with Crippen LogP contribution in [-0.2, 0) is 14.3 Å². The van der Waals surface area contributed by atoms with E-state index in [0.717, 1.165) is 19.3 Å². The monoisotopic (exact) mass is 229 g/mol. The average molecular weight is 229 g/mol. The Bertz CT molecular complexity index is 216. The summed E-state index contributed by atoms with van der Waals surface area (Å²) in [5.74, 6) is -0.362. The van der Waals surface area contributed by atoms with Gasteiger partial charge in [0, 0.05) is 13.0 Å². The molecule has 0 heterocycles. The van der Waals surface area contributed by atoms with Crippen LogP contribution in [-0.4, -0.2) is 25.0 Å². The van der Waals surface area contributed by atoms with Gasteiger partial charge in [0.2, 0.25) is 5.91 Å². The van der Waals surface area contributed by atoms with Crippen LogP contribution >= 0.6 is 0 Å². The van der Waals surface area contributed by atoms with Crippen molar-refractivity contribution in [1.29, 1.82) is 0 Å². The molecule has 0 bridgehead atoms. The van der Waals surface area contributed by atoms with Crippen molar-refractivity contribution < 1.29 is 14.3 Å². The molecule has 0 aliphatic heterocycles. The molecule has 0 aromatic rings. The van der Waals surface area contributed by atoms with E-state index in [9.17, 15) is 9.59 Å². The summed E-state index contributed by atoms with van der Waals surface area (Å²) in [6.45, 7) is 3.62. The molecule has 0 aliphatic rings. The maximum absolute atomic E-state index is 11.1. The smallest absolute Gasteiger partial charge is 0.307 e. The summed E-state index contributed by atoms with van der Waals surface area (Å²) < 4.78 is 4.60. The Kier molecular flexibility index (Phi) is 8.58. The third-order valence-electron chi connectivity index (χ3n) is 2.45. The molecule has 1 N–H and O–H groups in total. The Labute approximate surface area is 97.7 Å². The average Bonchev–Trinajstić information content (AvgIpc) is 2.23. The Hall–Kier alpha value is -1.06. The second-order valence-electron chi connectivity index (χ2n) is 4.03. The summed E-state index contributed by atoms with van der Waals surface area (Å²) in [6, 6.07) is -0.0817. The summed E-state index contributed by atoms with van der Waals surface area (Å²) >= 11 is 0. The van der Waals surface area contributed by atoms with Gasteiger partial charge in [-0.15, -0.1) is 0 Å². The van der Waals surface area contributed by atoms with Gasteiger partial charge in [-0.05, 0) is 6.42 Å². The molecular weight excluding hydrogens is 206 g/mol. The molecular formula is C12H23NO3. The van der Waals surface area contributed by atoms with E-state index in [1.165, 1.54) is 26.9 Å². The molecule has 0 radical (unpaired) electrons. The molecule has 4 nitrogen and oxygen atoms in total. The van der Waals surface area contributed by atoms with Gasteiger partial charge in [0.15, 0.2) is 0 Å². The zero-order chi connectivity index (χ0) is 12.4. The Morgan fingerprint density at radius 3 is 2.44 bits per heavy atom. The molecule has 16 heavy (non-hydrogen) atoms. The first-order chi connectivity index (χ1) is 7.60. The van der Waals surface area contributed by atoms with E-state index in [-0.39, 0.29) is 24.3 Å². The summed E-state index contributed by atoms with van der Waals surface area (Å²) in [5, 5.41) is 2.78. The summed E-state index contributed by atoms with van der Waals surface area (Å²) in [7, 11) is 1.37. The molecule has 1 atom stereocenters. The first kappa shape index (κ1) is 14.9. The molecule has 0 rings (SSSR count). The highest BCUT2D eigenvalue weighted by Crippen LogP contribution is 2.08. The highest BCUT2D eigenvalue weighted by molar-refractivity contribution is 5.75. The molecule has 0 fully saturated rings. The molecule has 94 valence electrons. The van der Waals surface area contributed by atoms with Crippen molar-refractivity contribution in [2.45, 2.75) is 58.4 Å². The van der Waals surface area contributed by atoms with Gasteiger partial charge in [0.25, 0.3) is 0 Å². The number of carbonyl (C=O) groups excluding carboxylic acids is 2. The largest absolute Gasteiger partial charge is 0.469 e. The second kappa shape index (κ2) is 9.19. The normalized spacial score (nSPS) is 11.9.